The van der Waals surface area contributed by atoms with Crippen molar-refractivity contribution in [1.29, 1.82) is 0 Å². The zero-order valence-electron chi connectivity index (χ0n) is 8.45. The quantitative estimate of drug-likeness (QED) is 0.594. The van der Waals surface area contributed by atoms with E-state index < -0.39 is 0 Å². The number of hydrogen-bond acceptors (Lipinski definition) is 3. The van der Waals surface area contributed by atoms with E-state index >= 15 is 0 Å². The summed E-state index contributed by atoms with van der Waals surface area (Å²) in [6, 6.07) is 0. The largest absolute Gasteiger partial charge is 0.352 e. The Morgan fingerprint density at radius 3 is 2.67 bits per heavy atom. The van der Waals surface area contributed by atoms with Gasteiger partial charge in [0.15, 0.2) is 0 Å². The van der Waals surface area contributed by atoms with Gasteiger partial charge in [-0.15, -0.1) is 11.6 Å². The van der Waals surface area contributed by atoms with E-state index in [0.29, 0.717) is 18.0 Å². The Morgan fingerprint density at radius 2 is 2.00 bits per heavy atom. The molecule has 1 rings (SSSR count). The van der Waals surface area contributed by atoms with Crippen molar-refractivity contribution in [2.75, 3.05) is 12.4 Å². The summed E-state index contributed by atoms with van der Waals surface area (Å²) in [5.41, 5.74) is 0.495. The fourth-order valence-electron chi connectivity index (χ4n) is 1.12. The first-order valence-corrected chi connectivity index (χ1v) is 5.47. The number of alkyl halides is 1. The van der Waals surface area contributed by atoms with E-state index in [-0.39, 0.29) is 5.91 Å². The Kier molecular flexibility index (Phi) is 5.70. The van der Waals surface area contributed by atoms with E-state index in [4.69, 9.17) is 11.6 Å². The number of amides is 1. The van der Waals surface area contributed by atoms with Crippen molar-refractivity contribution >= 4 is 17.5 Å². The van der Waals surface area contributed by atoms with E-state index in [1.165, 1.54) is 18.7 Å². The van der Waals surface area contributed by atoms with Crippen molar-refractivity contribution in [2.24, 2.45) is 0 Å². The summed E-state index contributed by atoms with van der Waals surface area (Å²) in [6.45, 7) is 0.671. The van der Waals surface area contributed by atoms with Crippen molar-refractivity contribution in [3.8, 4) is 0 Å². The summed E-state index contributed by atoms with van der Waals surface area (Å²) >= 11 is 5.54. The lowest BCUT2D eigenvalue weighted by Gasteiger charge is -2.03. The molecule has 1 heterocycles. The third-order valence-corrected chi connectivity index (χ3v) is 2.19. The molecule has 4 nitrogen and oxygen atoms in total. The monoisotopic (exact) mass is 227 g/mol. The number of unbranched alkanes of at least 4 members (excludes halogenated alkanes) is 2. The molecule has 0 aliphatic heterocycles. The smallest absolute Gasteiger partial charge is 0.254 e. The van der Waals surface area contributed by atoms with Gasteiger partial charge in [0.1, 0.15) is 6.33 Å². The van der Waals surface area contributed by atoms with Crippen molar-refractivity contribution in [2.45, 2.75) is 19.3 Å². The van der Waals surface area contributed by atoms with Crippen LogP contribution in [0.5, 0.6) is 0 Å². The standard InChI is InChI=1S/C10H14ClN3O/c11-4-2-1-3-5-14-10(15)9-6-12-8-13-7-9/h6-8H,1-5H2,(H,14,15). The van der Waals surface area contributed by atoms with Crippen LogP contribution in [0.15, 0.2) is 18.7 Å². The highest BCUT2D eigenvalue weighted by Gasteiger charge is 2.03. The third-order valence-electron chi connectivity index (χ3n) is 1.92. The number of aromatic nitrogens is 2. The summed E-state index contributed by atoms with van der Waals surface area (Å²) in [5, 5.41) is 2.80. The van der Waals surface area contributed by atoms with Crippen LogP contribution in [-0.4, -0.2) is 28.3 Å². The molecule has 0 saturated heterocycles. The Morgan fingerprint density at radius 1 is 1.27 bits per heavy atom. The predicted octanol–water partition coefficient (Wildman–Crippen LogP) is 1.62. The van der Waals surface area contributed by atoms with Crippen LogP contribution < -0.4 is 5.32 Å². The maximum absolute atomic E-state index is 11.5. The van der Waals surface area contributed by atoms with Crippen LogP contribution in [0.3, 0.4) is 0 Å². The molecule has 0 bridgehead atoms. The van der Waals surface area contributed by atoms with Gasteiger partial charge in [-0.3, -0.25) is 4.79 Å². The fourth-order valence-corrected chi connectivity index (χ4v) is 1.31. The minimum absolute atomic E-state index is 0.124. The molecule has 0 aliphatic carbocycles. The van der Waals surface area contributed by atoms with Gasteiger partial charge in [0.25, 0.3) is 5.91 Å². The highest BCUT2D eigenvalue weighted by molar-refractivity contribution is 6.17. The highest BCUT2D eigenvalue weighted by Crippen LogP contribution is 1.97. The van der Waals surface area contributed by atoms with Gasteiger partial charge >= 0.3 is 0 Å². The van der Waals surface area contributed by atoms with Gasteiger partial charge in [0, 0.05) is 24.8 Å². The number of rotatable bonds is 6. The average molecular weight is 228 g/mol. The van der Waals surface area contributed by atoms with E-state index in [1.807, 2.05) is 0 Å². The maximum Gasteiger partial charge on any atom is 0.254 e. The SMILES string of the molecule is O=C(NCCCCCCl)c1cncnc1. The average Bonchev–Trinajstić information content (AvgIpc) is 2.30. The van der Waals surface area contributed by atoms with E-state index in [0.717, 1.165) is 19.3 Å². The number of hydrogen-bond donors (Lipinski definition) is 1. The molecule has 1 N–H and O–H groups in total. The Hall–Kier alpha value is -1.16. The van der Waals surface area contributed by atoms with Crippen LogP contribution in [0.1, 0.15) is 29.6 Å². The zero-order valence-corrected chi connectivity index (χ0v) is 9.20. The van der Waals surface area contributed by atoms with E-state index in [9.17, 15) is 4.79 Å². The molecule has 1 aromatic heterocycles. The summed E-state index contributed by atoms with van der Waals surface area (Å²) in [5.74, 6) is 0.557. The topological polar surface area (TPSA) is 54.9 Å². The molecular weight excluding hydrogens is 214 g/mol. The fraction of sp³-hybridized carbons (Fsp3) is 0.500. The molecule has 0 saturated carbocycles. The van der Waals surface area contributed by atoms with E-state index in [2.05, 4.69) is 15.3 Å². The summed E-state index contributed by atoms with van der Waals surface area (Å²) in [7, 11) is 0. The molecule has 15 heavy (non-hydrogen) atoms. The molecular formula is C10H14ClN3O. The van der Waals surface area contributed by atoms with Crippen LogP contribution in [0.25, 0.3) is 0 Å². The molecule has 0 aliphatic rings. The first kappa shape index (κ1) is 11.9. The van der Waals surface area contributed by atoms with Crippen LogP contribution in [0.2, 0.25) is 0 Å². The minimum Gasteiger partial charge on any atom is -0.352 e. The lowest BCUT2D eigenvalue weighted by Crippen LogP contribution is -2.24. The molecule has 0 spiro atoms. The zero-order chi connectivity index (χ0) is 10.9. The van der Waals surface area contributed by atoms with Gasteiger partial charge in [0.2, 0.25) is 0 Å². The van der Waals surface area contributed by atoms with Gasteiger partial charge in [0.05, 0.1) is 5.56 Å². The predicted molar refractivity (Wildman–Crippen MR) is 58.9 cm³/mol. The van der Waals surface area contributed by atoms with Gasteiger partial charge < -0.3 is 5.32 Å². The van der Waals surface area contributed by atoms with Gasteiger partial charge in [-0.25, -0.2) is 9.97 Å². The van der Waals surface area contributed by atoms with Crippen LogP contribution in [-0.2, 0) is 0 Å². The number of nitrogens with zero attached hydrogens (tertiary/aromatic N) is 2. The molecule has 0 unspecified atom stereocenters. The number of halogens is 1. The third kappa shape index (κ3) is 4.74. The Balaban J connectivity index is 2.20. The Bertz CT molecular complexity index is 292. The van der Waals surface area contributed by atoms with Crippen molar-refractivity contribution in [3.63, 3.8) is 0 Å². The summed E-state index contributed by atoms with van der Waals surface area (Å²) in [6.07, 6.45) is 7.38. The molecule has 5 heteroatoms. The number of carbonyl (C=O) groups excluding carboxylic acids is 1. The molecule has 0 radical (unpaired) electrons. The van der Waals surface area contributed by atoms with Gasteiger partial charge in [-0.1, -0.05) is 6.42 Å². The van der Waals surface area contributed by atoms with Crippen LogP contribution in [0, 0.1) is 0 Å². The molecule has 1 aromatic rings. The molecule has 1 amide bonds. The normalized spacial score (nSPS) is 9.93. The molecule has 0 aromatic carbocycles. The molecule has 0 atom stereocenters. The summed E-state index contributed by atoms with van der Waals surface area (Å²) in [4.78, 5) is 19.0. The Labute approximate surface area is 94.1 Å². The van der Waals surface area contributed by atoms with Crippen LogP contribution >= 0.6 is 11.6 Å². The van der Waals surface area contributed by atoms with Crippen molar-refractivity contribution in [3.05, 3.63) is 24.3 Å². The van der Waals surface area contributed by atoms with Gasteiger partial charge in [-0.2, -0.15) is 0 Å². The van der Waals surface area contributed by atoms with Crippen molar-refractivity contribution < 1.29 is 4.79 Å². The van der Waals surface area contributed by atoms with E-state index in [1.54, 1.807) is 0 Å². The molecule has 0 fully saturated rings. The second-order valence-electron chi connectivity index (χ2n) is 3.13. The van der Waals surface area contributed by atoms with Gasteiger partial charge in [-0.05, 0) is 12.8 Å². The maximum atomic E-state index is 11.5. The highest BCUT2D eigenvalue weighted by atomic mass is 35.5. The molecule has 82 valence electrons. The second-order valence-corrected chi connectivity index (χ2v) is 3.51. The van der Waals surface area contributed by atoms with Crippen molar-refractivity contribution in [1.82, 2.24) is 15.3 Å². The first-order chi connectivity index (χ1) is 7.34. The minimum atomic E-state index is -0.124. The first-order valence-electron chi connectivity index (χ1n) is 4.94. The second kappa shape index (κ2) is 7.17. The summed E-state index contributed by atoms with van der Waals surface area (Å²) < 4.78 is 0. The van der Waals surface area contributed by atoms with Crippen LogP contribution in [0.4, 0.5) is 0 Å². The number of carbonyl (C=O) groups is 1. The lowest BCUT2D eigenvalue weighted by molar-refractivity contribution is 0.0952. The lowest BCUT2D eigenvalue weighted by atomic mass is 10.2. The number of nitrogens with one attached hydrogen (secondary N) is 1.